The zero-order valence-corrected chi connectivity index (χ0v) is 15.4. The highest BCUT2D eigenvalue weighted by Gasteiger charge is 2.53. The van der Waals surface area contributed by atoms with Crippen LogP contribution in [0.5, 0.6) is 0 Å². The lowest BCUT2D eigenvalue weighted by atomic mass is 9.57. The van der Waals surface area contributed by atoms with Crippen molar-refractivity contribution >= 4 is 17.7 Å². The Labute approximate surface area is 155 Å². The summed E-state index contributed by atoms with van der Waals surface area (Å²) < 4.78 is 44.5. The minimum Gasteiger partial charge on any atom is -0.469 e. The van der Waals surface area contributed by atoms with Gasteiger partial charge in [-0.2, -0.15) is 18.2 Å². The molecule has 0 unspecified atom stereocenters. The summed E-state index contributed by atoms with van der Waals surface area (Å²) in [6, 6.07) is 1.21. The van der Waals surface area contributed by atoms with E-state index in [0.29, 0.717) is 37.8 Å². The molecule has 3 aliphatic rings. The van der Waals surface area contributed by atoms with Gasteiger partial charge in [-0.1, -0.05) is 0 Å². The quantitative estimate of drug-likeness (QED) is 0.744. The molecule has 2 aliphatic heterocycles. The van der Waals surface area contributed by atoms with E-state index in [-0.39, 0.29) is 23.4 Å². The highest BCUT2D eigenvalue weighted by atomic mass is 19.4. The fraction of sp³-hybridized carbons (Fsp3) is 0.722. The molecule has 0 bridgehead atoms. The fourth-order valence-corrected chi connectivity index (χ4v) is 4.48. The number of carbonyl (C=O) groups excluding carboxylic acids is 1. The largest absolute Gasteiger partial charge is 0.469 e. The molecule has 4 rings (SSSR count). The predicted molar refractivity (Wildman–Crippen MR) is 92.5 cm³/mol. The number of carbonyl (C=O) groups is 1. The number of methoxy groups -OCH3 is 1. The van der Waals surface area contributed by atoms with Crippen molar-refractivity contribution in [2.24, 2.45) is 11.3 Å². The van der Waals surface area contributed by atoms with Crippen LogP contribution in [0.25, 0.3) is 0 Å². The second kappa shape index (κ2) is 6.24. The molecule has 6 nitrogen and oxygen atoms in total. The number of ether oxygens (including phenoxy) is 1. The number of halogens is 3. The molecule has 0 aromatic carbocycles. The Morgan fingerprint density at radius 2 is 2.04 bits per heavy atom. The number of hydrogen-bond acceptors (Lipinski definition) is 6. The number of nitrogens with zero attached hydrogens (tertiary/aromatic N) is 4. The third-order valence-electron chi connectivity index (χ3n) is 6.07. The lowest BCUT2D eigenvalue weighted by Crippen LogP contribution is -2.63. The van der Waals surface area contributed by atoms with Gasteiger partial charge in [-0.25, -0.2) is 4.98 Å². The van der Waals surface area contributed by atoms with Crippen molar-refractivity contribution in [3.63, 3.8) is 0 Å². The molecule has 9 heteroatoms. The van der Waals surface area contributed by atoms with E-state index in [2.05, 4.69) is 9.97 Å². The summed E-state index contributed by atoms with van der Waals surface area (Å²) in [7, 11) is 1.38. The molecule has 148 valence electrons. The number of alkyl halides is 3. The molecule has 3 fully saturated rings. The molecule has 1 spiro atoms. The van der Waals surface area contributed by atoms with E-state index in [1.807, 2.05) is 16.7 Å². The van der Waals surface area contributed by atoms with Crippen molar-refractivity contribution < 1.29 is 22.7 Å². The van der Waals surface area contributed by atoms with Crippen LogP contribution >= 0.6 is 0 Å². The highest BCUT2D eigenvalue weighted by molar-refractivity contribution is 5.69. The summed E-state index contributed by atoms with van der Waals surface area (Å²) in [5.74, 6) is 0.614. The van der Waals surface area contributed by atoms with Gasteiger partial charge in [-0.15, -0.1) is 0 Å². The van der Waals surface area contributed by atoms with Crippen molar-refractivity contribution in [3.8, 4) is 0 Å². The van der Waals surface area contributed by atoms with Crippen LogP contribution in [0.15, 0.2) is 6.07 Å². The topological polar surface area (TPSA) is 58.6 Å². The van der Waals surface area contributed by atoms with E-state index in [1.54, 1.807) is 0 Å². The monoisotopic (exact) mass is 384 g/mol. The Bertz CT molecular complexity index is 741. The van der Waals surface area contributed by atoms with Crippen LogP contribution in [-0.4, -0.2) is 48.7 Å². The normalized spacial score (nSPS) is 24.3. The van der Waals surface area contributed by atoms with Gasteiger partial charge in [0.05, 0.1) is 7.11 Å². The third-order valence-corrected chi connectivity index (χ3v) is 6.07. The fourth-order valence-electron chi connectivity index (χ4n) is 4.48. The average Bonchev–Trinajstić information content (AvgIpc) is 2.52. The van der Waals surface area contributed by atoms with Gasteiger partial charge in [0.25, 0.3) is 0 Å². The first-order valence-corrected chi connectivity index (χ1v) is 9.24. The Balaban J connectivity index is 1.45. The van der Waals surface area contributed by atoms with Gasteiger partial charge in [0.1, 0.15) is 5.82 Å². The van der Waals surface area contributed by atoms with Crippen LogP contribution in [0, 0.1) is 11.3 Å². The molecule has 27 heavy (non-hydrogen) atoms. The van der Waals surface area contributed by atoms with Crippen LogP contribution in [0.4, 0.5) is 24.9 Å². The molecule has 2 saturated heterocycles. The average molecular weight is 384 g/mol. The van der Waals surface area contributed by atoms with Gasteiger partial charge in [0.15, 0.2) is 5.69 Å². The van der Waals surface area contributed by atoms with Gasteiger partial charge in [0.2, 0.25) is 5.95 Å². The lowest BCUT2D eigenvalue weighted by Gasteiger charge is -2.59. The minimum absolute atomic E-state index is 0.103. The summed E-state index contributed by atoms with van der Waals surface area (Å²) in [6.45, 7) is 3.99. The molecule has 1 aliphatic carbocycles. The molecule has 1 atom stereocenters. The Morgan fingerprint density at radius 3 is 2.56 bits per heavy atom. The Hall–Kier alpha value is -2.06. The predicted octanol–water partition coefficient (Wildman–Crippen LogP) is 2.87. The van der Waals surface area contributed by atoms with Gasteiger partial charge in [-0.3, -0.25) is 4.79 Å². The Morgan fingerprint density at radius 1 is 1.33 bits per heavy atom. The standard InChI is InChI=1S/C18H23F3N4O2/c1-11-3-4-25(11)16-22-13(18(19,20)21)6-14(23-16)24-9-17(10-24)7-12(8-17)5-15(26)27-2/h6,11-12H,3-5,7-10H2,1-2H3/t11-/m0/s1. The highest BCUT2D eigenvalue weighted by Crippen LogP contribution is 2.54. The number of hydrogen-bond donors (Lipinski definition) is 0. The molecule has 1 aromatic heterocycles. The number of aromatic nitrogens is 2. The van der Waals surface area contributed by atoms with E-state index >= 15 is 0 Å². The summed E-state index contributed by atoms with van der Waals surface area (Å²) in [6.07, 6.45) is -1.33. The number of rotatable bonds is 4. The molecule has 0 amide bonds. The second-order valence-corrected chi connectivity index (χ2v) is 8.15. The van der Waals surface area contributed by atoms with Crippen LogP contribution in [-0.2, 0) is 15.7 Å². The van der Waals surface area contributed by atoms with Crippen LogP contribution in [0.1, 0.15) is 38.3 Å². The molecule has 1 saturated carbocycles. The summed E-state index contributed by atoms with van der Waals surface area (Å²) in [5, 5.41) is 0. The van der Waals surface area contributed by atoms with Gasteiger partial charge >= 0.3 is 12.1 Å². The summed E-state index contributed by atoms with van der Waals surface area (Å²) in [4.78, 5) is 23.2. The third kappa shape index (κ3) is 3.32. The maximum atomic E-state index is 13.3. The number of anilines is 2. The smallest absolute Gasteiger partial charge is 0.433 e. The van der Waals surface area contributed by atoms with E-state index in [0.717, 1.165) is 25.3 Å². The van der Waals surface area contributed by atoms with Crippen LogP contribution in [0.3, 0.4) is 0 Å². The van der Waals surface area contributed by atoms with Gasteiger partial charge in [0, 0.05) is 43.6 Å². The minimum atomic E-state index is -4.49. The van der Waals surface area contributed by atoms with Crippen molar-refractivity contribution in [1.82, 2.24) is 9.97 Å². The molecular formula is C18H23F3N4O2. The SMILES string of the molecule is COC(=O)CC1CC2(C1)CN(c1cc(C(F)(F)F)nc(N3CC[C@@H]3C)n1)C2. The maximum Gasteiger partial charge on any atom is 0.433 e. The summed E-state index contributed by atoms with van der Waals surface area (Å²) >= 11 is 0. The molecular weight excluding hydrogens is 361 g/mol. The molecule has 3 heterocycles. The van der Waals surface area contributed by atoms with Crippen molar-refractivity contribution in [2.45, 2.75) is 44.8 Å². The van der Waals surface area contributed by atoms with E-state index in [4.69, 9.17) is 4.74 Å². The lowest BCUT2D eigenvalue weighted by molar-refractivity contribution is -0.144. The zero-order valence-electron chi connectivity index (χ0n) is 15.4. The number of esters is 1. The van der Waals surface area contributed by atoms with Crippen LogP contribution < -0.4 is 9.80 Å². The zero-order chi connectivity index (χ0) is 19.4. The molecule has 0 radical (unpaired) electrons. The van der Waals surface area contributed by atoms with E-state index < -0.39 is 11.9 Å². The summed E-state index contributed by atoms with van der Waals surface area (Å²) in [5.41, 5.74) is -0.786. The first-order valence-electron chi connectivity index (χ1n) is 9.24. The van der Waals surface area contributed by atoms with Crippen molar-refractivity contribution in [2.75, 3.05) is 36.5 Å². The molecule has 1 aromatic rings. The Kier molecular flexibility index (Phi) is 4.23. The van der Waals surface area contributed by atoms with Crippen molar-refractivity contribution in [1.29, 1.82) is 0 Å². The van der Waals surface area contributed by atoms with Crippen LogP contribution in [0.2, 0.25) is 0 Å². The van der Waals surface area contributed by atoms with Gasteiger partial charge < -0.3 is 14.5 Å². The molecule has 0 N–H and O–H groups in total. The van der Waals surface area contributed by atoms with Gasteiger partial charge in [-0.05, 0) is 32.1 Å². The first-order chi connectivity index (χ1) is 12.7. The van der Waals surface area contributed by atoms with Crippen molar-refractivity contribution in [3.05, 3.63) is 11.8 Å². The van der Waals surface area contributed by atoms with E-state index in [1.165, 1.54) is 7.11 Å². The maximum absolute atomic E-state index is 13.3. The second-order valence-electron chi connectivity index (χ2n) is 8.15. The first kappa shape index (κ1) is 18.3. The van der Waals surface area contributed by atoms with E-state index in [9.17, 15) is 18.0 Å².